The predicted molar refractivity (Wildman–Crippen MR) is 61.8 cm³/mol. The van der Waals surface area contributed by atoms with Crippen molar-refractivity contribution in [2.24, 2.45) is 0 Å². The number of benzene rings is 1. The Morgan fingerprint density at radius 2 is 1.47 bits per heavy atom. The molecule has 0 fully saturated rings. The van der Waals surface area contributed by atoms with Gasteiger partial charge >= 0.3 is 6.36 Å². The fraction of sp³-hybridized carbons (Fsp3) is 0.0833. The highest BCUT2D eigenvalue weighted by Gasteiger charge is 2.30. The molecule has 0 atom stereocenters. The number of nitrogens with two attached hydrogens (primary N) is 1. The fourth-order valence-corrected chi connectivity index (χ4v) is 1.30. The van der Waals surface area contributed by atoms with Crippen LogP contribution >= 0.6 is 0 Å². The highest BCUT2D eigenvalue weighted by molar-refractivity contribution is 5.37. The summed E-state index contributed by atoms with van der Waals surface area (Å²) in [5.41, 5.74) is 5.41. The molecule has 0 saturated heterocycles. The molecule has 4 nitrogen and oxygen atoms in total. The summed E-state index contributed by atoms with van der Waals surface area (Å²) in [4.78, 5) is 3.82. The van der Waals surface area contributed by atoms with Gasteiger partial charge in [0.1, 0.15) is 23.1 Å². The van der Waals surface area contributed by atoms with Crippen molar-refractivity contribution in [2.75, 3.05) is 5.73 Å². The van der Waals surface area contributed by atoms with E-state index in [1.165, 1.54) is 18.3 Å². The maximum atomic E-state index is 12.0. The van der Waals surface area contributed by atoms with Crippen LogP contribution in [-0.4, -0.2) is 11.3 Å². The number of alkyl halides is 3. The average Bonchev–Trinajstić information content (AvgIpc) is 2.33. The van der Waals surface area contributed by atoms with Gasteiger partial charge in [0, 0.05) is 0 Å². The third-order valence-corrected chi connectivity index (χ3v) is 2.05. The SMILES string of the molecule is Nc1ccc(Oc2ccc(OC(F)(F)F)cc2)cn1. The Labute approximate surface area is 106 Å². The van der Waals surface area contributed by atoms with Gasteiger partial charge in [0.25, 0.3) is 0 Å². The van der Waals surface area contributed by atoms with Crippen LogP contribution in [0.1, 0.15) is 0 Å². The molecule has 0 unspecified atom stereocenters. The summed E-state index contributed by atoms with van der Waals surface area (Å²) in [5.74, 6) is 0.830. The van der Waals surface area contributed by atoms with Crippen molar-refractivity contribution >= 4 is 5.82 Å². The fourth-order valence-electron chi connectivity index (χ4n) is 1.30. The lowest BCUT2D eigenvalue weighted by Gasteiger charge is -2.09. The van der Waals surface area contributed by atoms with E-state index in [4.69, 9.17) is 10.5 Å². The second kappa shape index (κ2) is 5.05. The molecule has 1 aromatic heterocycles. The number of pyridine rings is 1. The lowest BCUT2D eigenvalue weighted by Crippen LogP contribution is -2.16. The molecule has 0 amide bonds. The van der Waals surface area contributed by atoms with Crippen molar-refractivity contribution in [3.8, 4) is 17.2 Å². The van der Waals surface area contributed by atoms with Crippen LogP contribution in [0, 0.1) is 0 Å². The van der Waals surface area contributed by atoms with E-state index in [0.29, 0.717) is 17.3 Å². The molecule has 19 heavy (non-hydrogen) atoms. The van der Waals surface area contributed by atoms with Crippen LogP contribution in [0.3, 0.4) is 0 Å². The summed E-state index contributed by atoms with van der Waals surface area (Å²) in [6.45, 7) is 0. The van der Waals surface area contributed by atoms with Crippen molar-refractivity contribution in [1.82, 2.24) is 4.98 Å². The van der Waals surface area contributed by atoms with Gasteiger partial charge in [0.2, 0.25) is 0 Å². The second-order valence-electron chi connectivity index (χ2n) is 3.54. The lowest BCUT2D eigenvalue weighted by molar-refractivity contribution is -0.274. The molecule has 2 rings (SSSR count). The first-order valence-corrected chi connectivity index (χ1v) is 5.17. The van der Waals surface area contributed by atoms with Crippen molar-refractivity contribution in [3.05, 3.63) is 42.6 Å². The summed E-state index contributed by atoms with van der Waals surface area (Å²) < 4.78 is 45.0. The smallest absolute Gasteiger partial charge is 0.456 e. The van der Waals surface area contributed by atoms with Crippen LogP contribution in [0.5, 0.6) is 17.2 Å². The van der Waals surface area contributed by atoms with Gasteiger partial charge in [0.05, 0.1) is 6.20 Å². The van der Waals surface area contributed by atoms with Crippen molar-refractivity contribution in [3.63, 3.8) is 0 Å². The normalized spacial score (nSPS) is 11.1. The van der Waals surface area contributed by atoms with Crippen molar-refractivity contribution in [1.29, 1.82) is 0 Å². The first kappa shape index (κ1) is 13.0. The monoisotopic (exact) mass is 270 g/mol. The molecule has 0 spiro atoms. The predicted octanol–water partition coefficient (Wildman–Crippen LogP) is 3.35. The third kappa shape index (κ3) is 4.06. The molecule has 0 radical (unpaired) electrons. The Bertz CT molecular complexity index is 538. The van der Waals surface area contributed by atoms with Gasteiger partial charge in [-0.05, 0) is 36.4 Å². The molecule has 0 saturated carbocycles. The van der Waals surface area contributed by atoms with Gasteiger partial charge in [-0.3, -0.25) is 0 Å². The minimum absolute atomic E-state index is 0.310. The summed E-state index contributed by atoms with van der Waals surface area (Å²) >= 11 is 0. The second-order valence-corrected chi connectivity index (χ2v) is 3.54. The molecule has 7 heteroatoms. The minimum atomic E-state index is -4.71. The maximum Gasteiger partial charge on any atom is 0.573 e. The van der Waals surface area contributed by atoms with Gasteiger partial charge < -0.3 is 15.2 Å². The van der Waals surface area contributed by atoms with E-state index in [2.05, 4.69) is 9.72 Å². The quantitative estimate of drug-likeness (QED) is 0.929. The summed E-state index contributed by atoms with van der Waals surface area (Å²) in [6.07, 6.45) is -3.29. The maximum absolute atomic E-state index is 12.0. The number of anilines is 1. The Balaban J connectivity index is 2.04. The van der Waals surface area contributed by atoms with Crippen LogP contribution in [0.15, 0.2) is 42.6 Å². The number of nitrogen functional groups attached to an aromatic ring is 1. The van der Waals surface area contributed by atoms with Crippen LogP contribution < -0.4 is 15.2 Å². The van der Waals surface area contributed by atoms with Crippen LogP contribution in [0.4, 0.5) is 19.0 Å². The van der Waals surface area contributed by atoms with Crippen LogP contribution in [-0.2, 0) is 0 Å². The minimum Gasteiger partial charge on any atom is -0.456 e. The Morgan fingerprint density at radius 1 is 0.895 bits per heavy atom. The Kier molecular flexibility index (Phi) is 3.46. The molecular weight excluding hydrogens is 261 g/mol. The van der Waals surface area contributed by atoms with E-state index in [9.17, 15) is 13.2 Å². The molecule has 0 aliphatic rings. The molecule has 0 aliphatic heterocycles. The average molecular weight is 270 g/mol. The van der Waals surface area contributed by atoms with Gasteiger partial charge in [-0.15, -0.1) is 13.2 Å². The van der Waals surface area contributed by atoms with E-state index in [-0.39, 0.29) is 5.75 Å². The lowest BCUT2D eigenvalue weighted by atomic mass is 10.3. The summed E-state index contributed by atoms with van der Waals surface area (Å²) in [7, 11) is 0. The first-order valence-electron chi connectivity index (χ1n) is 5.17. The number of rotatable bonds is 3. The summed E-state index contributed by atoms with van der Waals surface area (Å²) in [5, 5.41) is 0. The van der Waals surface area contributed by atoms with E-state index < -0.39 is 6.36 Å². The zero-order chi connectivity index (χ0) is 13.9. The van der Waals surface area contributed by atoms with E-state index in [0.717, 1.165) is 12.1 Å². The third-order valence-electron chi connectivity index (χ3n) is 2.05. The van der Waals surface area contributed by atoms with Crippen molar-refractivity contribution < 1.29 is 22.6 Å². The number of hydrogen-bond acceptors (Lipinski definition) is 4. The Morgan fingerprint density at radius 3 is 2.00 bits per heavy atom. The van der Waals surface area contributed by atoms with Crippen LogP contribution in [0.25, 0.3) is 0 Å². The molecule has 2 aromatic rings. The molecule has 2 N–H and O–H groups in total. The van der Waals surface area contributed by atoms with E-state index in [1.54, 1.807) is 12.1 Å². The van der Waals surface area contributed by atoms with Crippen LogP contribution in [0.2, 0.25) is 0 Å². The standard InChI is InChI=1S/C12H9F3N2O2/c13-12(14,15)19-9-3-1-8(2-4-9)18-10-5-6-11(16)17-7-10/h1-7H,(H2,16,17). The van der Waals surface area contributed by atoms with Gasteiger partial charge in [-0.1, -0.05) is 0 Å². The largest absolute Gasteiger partial charge is 0.573 e. The van der Waals surface area contributed by atoms with Gasteiger partial charge in [0.15, 0.2) is 0 Å². The highest BCUT2D eigenvalue weighted by atomic mass is 19.4. The number of hydrogen-bond donors (Lipinski definition) is 1. The molecule has 1 heterocycles. The van der Waals surface area contributed by atoms with Gasteiger partial charge in [-0.25, -0.2) is 4.98 Å². The number of ether oxygens (including phenoxy) is 2. The van der Waals surface area contributed by atoms with Crippen molar-refractivity contribution in [2.45, 2.75) is 6.36 Å². The van der Waals surface area contributed by atoms with E-state index >= 15 is 0 Å². The molecule has 0 aliphatic carbocycles. The number of aromatic nitrogens is 1. The number of halogens is 3. The van der Waals surface area contributed by atoms with Gasteiger partial charge in [-0.2, -0.15) is 0 Å². The molecule has 100 valence electrons. The zero-order valence-electron chi connectivity index (χ0n) is 9.52. The van der Waals surface area contributed by atoms with E-state index in [1.807, 2.05) is 0 Å². The zero-order valence-corrected chi connectivity index (χ0v) is 9.52. The summed E-state index contributed by atoms with van der Waals surface area (Å²) in [6, 6.07) is 8.19. The molecule has 1 aromatic carbocycles. The highest BCUT2D eigenvalue weighted by Crippen LogP contribution is 2.27. The molecular formula is C12H9F3N2O2. The molecule has 0 bridgehead atoms. The topological polar surface area (TPSA) is 57.4 Å². The number of nitrogens with zero attached hydrogens (tertiary/aromatic N) is 1. The first-order chi connectivity index (χ1) is 8.92. The Hall–Kier alpha value is -2.44.